The van der Waals surface area contributed by atoms with Gasteiger partial charge in [0.1, 0.15) is 5.02 Å². The highest BCUT2D eigenvalue weighted by Crippen LogP contribution is 2.23. The van der Waals surface area contributed by atoms with Crippen molar-refractivity contribution in [1.29, 1.82) is 0 Å². The van der Waals surface area contributed by atoms with E-state index < -0.39 is 0 Å². The second kappa shape index (κ2) is 6.14. The summed E-state index contributed by atoms with van der Waals surface area (Å²) >= 11 is 6.19. The molecule has 2 unspecified atom stereocenters. The van der Waals surface area contributed by atoms with Gasteiger partial charge in [0.25, 0.3) is 5.56 Å². The first-order valence-electron chi connectivity index (χ1n) is 7.12. The Hall–Kier alpha value is -1.07. The molecule has 1 aliphatic rings. The van der Waals surface area contributed by atoms with E-state index in [4.69, 9.17) is 11.6 Å². The van der Waals surface area contributed by atoms with E-state index in [1.807, 2.05) is 13.8 Å². The van der Waals surface area contributed by atoms with Gasteiger partial charge in [0.2, 0.25) is 0 Å². The zero-order valence-electron chi connectivity index (χ0n) is 12.6. The van der Waals surface area contributed by atoms with Gasteiger partial charge in [-0.05, 0) is 39.8 Å². The van der Waals surface area contributed by atoms with Crippen LogP contribution in [0.1, 0.15) is 33.2 Å². The van der Waals surface area contributed by atoms with Crippen LogP contribution >= 0.6 is 11.6 Å². The van der Waals surface area contributed by atoms with Crippen LogP contribution in [0.25, 0.3) is 0 Å². The molecule has 0 saturated carbocycles. The van der Waals surface area contributed by atoms with Crippen LogP contribution in [-0.2, 0) is 0 Å². The molecule has 1 aliphatic heterocycles. The lowest BCUT2D eigenvalue weighted by atomic mass is 9.94. The van der Waals surface area contributed by atoms with Crippen molar-refractivity contribution < 1.29 is 0 Å². The maximum Gasteiger partial charge on any atom is 0.287 e. The molecule has 0 aromatic carbocycles. The first kappa shape index (κ1) is 15.3. The molecule has 5 nitrogen and oxygen atoms in total. The third-order valence-electron chi connectivity index (χ3n) is 3.88. The van der Waals surface area contributed by atoms with E-state index >= 15 is 0 Å². The molecule has 0 radical (unpaired) electrons. The fourth-order valence-corrected chi connectivity index (χ4v) is 2.87. The minimum atomic E-state index is -0.229. The number of likely N-dealkylation sites (tertiary alicyclic amines) is 1. The topological polar surface area (TPSA) is 50.2 Å². The molecular formula is C14H23ClN4O. The number of nitrogens with one attached hydrogen (secondary N) is 1. The van der Waals surface area contributed by atoms with Crippen molar-refractivity contribution in [2.24, 2.45) is 5.92 Å². The smallest absolute Gasteiger partial charge is 0.287 e. The Balaban J connectivity index is 2.18. The maximum absolute atomic E-state index is 12.1. The fourth-order valence-electron chi connectivity index (χ4n) is 2.68. The van der Waals surface area contributed by atoms with Gasteiger partial charge < -0.3 is 10.2 Å². The molecule has 1 aromatic rings. The average Bonchev–Trinajstić information content (AvgIpc) is 2.37. The van der Waals surface area contributed by atoms with E-state index in [9.17, 15) is 4.79 Å². The molecule has 0 spiro atoms. The van der Waals surface area contributed by atoms with Gasteiger partial charge in [-0.1, -0.05) is 18.5 Å². The summed E-state index contributed by atoms with van der Waals surface area (Å²) in [6.45, 7) is 8.14. The predicted molar refractivity (Wildman–Crippen MR) is 82.6 cm³/mol. The van der Waals surface area contributed by atoms with Crippen LogP contribution in [0.3, 0.4) is 0 Å². The molecule has 1 aromatic heterocycles. The zero-order chi connectivity index (χ0) is 14.9. The normalized spacial score (nSPS) is 24.1. The Bertz CT molecular complexity index is 528. The zero-order valence-corrected chi connectivity index (χ0v) is 13.3. The molecular weight excluding hydrogens is 276 g/mol. The molecule has 0 amide bonds. The Morgan fingerprint density at radius 1 is 1.50 bits per heavy atom. The molecule has 2 heterocycles. The molecule has 112 valence electrons. The number of hydrogen-bond acceptors (Lipinski definition) is 4. The predicted octanol–water partition coefficient (Wildman–Crippen LogP) is 2.23. The molecule has 0 aliphatic carbocycles. The highest BCUT2D eigenvalue weighted by atomic mass is 35.5. The summed E-state index contributed by atoms with van der Waals surface area (Å²) in [4.78, 5) is 14.4. The number of hydrogen-bond donors (Lipinski definition) is 1. The molecule has 20 heavy (non-hydrogen) atoms. The third kappa shape index (κ3) is 3.15. The number of aromatic nitrogens is 2. The van der Waals surface area contributed by atoms with Crippen LogP contribution in [0.5, 0.6) is 0 Å². The number of rotatable bonds is 3. The summed E-state index contributed by atoms with van der Waals surface area (Å²) in [7, 11) is 2.13. The largest absolute Gasteiger partial charge is 0.379 e. The summed E-state index contributed by atoms with van der Waals surface area (Å²) in [6.07, 6.45) is 2.70. The van der Waals surface area contributed by atoms with Crippen molar-refractivity contribution in [3.05, 3.63) is 21.6 Å². The average molecular weight is 299 g/mol. The van der Waals surface area contributed by atoms with E-state index in [0.29, 0.717) is 17.6 Å². The van der Waals surface area contributed by atoms with Crippen LogP contribution in [0, 0.1) is 5.92 Å². The van der Waals surface area contributed by atoms with Gasteiger partial charge in [0.05, 0.1) is 17.9 Å². The summed E-state index contributed by atoms with van der Waals surface area (Å²) < 4.78 is 1.41. The van der Waals surface area contributed by atoms with Gasteiger partial charge in [0, 0.05) is 12.6 Å². The standard InChI is InChI=1S/C14H23ClN4O/c1-9(2)19-14(20)13(15)12(7-16-19)17-11-5-6-18(4)8-10(11)3/h7,9-11,17H,5-6,8H2,1-4H3. The highest BCUT2D eigenvalue weighted by molar-refractivity contribution is 6.32. The van der Waals surface area contributed by atoms with Crippen LogP contribution in [0.15, 0.2) is 11.0 Å². The Labute approximate surface area is 124 Å². The molecule has 1 N–H and O–H groups in total. The van der Waals surface area contributed by atoms with Crippen molar-refractivity contribution in [3.8, 4) is 0 Å². The minimum Gasteiger partial charge on any atom is -0.379 e. The van der Waals surface area contributed by atoms with Gasteiger partial charge in [-0.3, -0.25) is 4.79 Å². The van der Waals surface area contributed by atoms with Gasteiger partial charge in [-0.25, -0.2) is 4.68 Å². The number of nitrogens with zero attached hydrogens (tertiary/aromatic N) is 3. The Morgan fingerprint density at radius 2 is 2.20 bits per heavy atom. The van der Waals surface area contributed by atoms with E-state index in [0.717, 1.165) is 19.5 Å². The van der Waals surface area contributed by atoms with E-state index in [1.54, 1.807) is 6.20 Å². The van der Waals surface area contributed by atoms with Gasteiger partial charge in [-0.2, -0.15) is 5.10 Å². The lowest BCUT2D eigenvalue weighted by molar-refractivity contribution is 0.206. The highest BCUT2D eigenvalue weighted by Gasteiger charge is 2.25. The first-order chi connectivity index (χ1) is 9.40. The summed E-state index contributed by atoms with van der Waals surface area (Å²) in [5.74, 6) is 0.511. The van der Waals surface area contributed by atoms with E-state index in [-0.39, 0.29) is 16.6 Å². The second-order valence-electron chi connectivity index (χ2n) is 5.99. The minimum absolute atomic E-state index is 0.0105. The van der Waals surface area contributed by atoms with Gasteiger partial charge in [0.15, 0.2) is 0 Å². The molecule has 2 rings (SSSR count). The quantitative estimate of drug-likeness (QED) is 0.930. The van der Waals surface area contributed by atoms with E-state index in [1.165, 1.54) is 4.68 Å². The Kier molecular flexibility index (Phi) is 4.70. The van der Waals surface area contributed by atoms with Gasteiger partial charge >= 0.3 is 0 Å². The molecule has 0 bridgehead atoms. The summed E-state index contributed by atoms with van der Waals surface area (Å²) in [5.41, 5.74) is 0.419. The third-order valence-corrected chi connectivity index (χ3v) is 4.25. The lowest BCUT2D eigenvalue weighted by Gasteiger charge is -2.35. The first-order valence-corrected chi connectivity index (χ1v) is 7.50. The molecule has 1 saturated heterocycles. The monoisotopic (exact) mass is 298 g/mol. The molecule has 6 heteroatoms. The van der Waals surface area contributed by atoms with Crippen molar-refractivity contribution >= 4 is 17.3 Å². The maximum atomic E-state index is 12.1. The van der Waals surface area contributed by atoms with Crippen molar-refractivity contribution in [3.63, 3.8) is 0 Å². The summed E-state index contributed by atoms with van der Waals surface area (Å²) in [6, 6.07) is 0.344. The van der Waals surface area contributed by atoms with Crippen molar-refractivity contribution in [2.45, 2.75) is 39.3 Å². The van der Waals surface area contributed by atoms with E-state index in [2.05, 4.69) is 29.3 Å². The van der Waals surface area contributed by atoms with Crippen LogP contribution < -0.4 is 10.9 Å². The lowest BCUT2D eigenvalue weighted by Crippen LogP contribution is -2.43. The van der Waals surface area contributed by atoms with Crippen LogP contribution in [0.4, 0.5) is 5.69 Å². The van der Waals surface area contributed by atoms with Crippen LogP contribution in [-0.4, -0.2) is 40.9 Å². The number of halogens is 1. The van der Waals surface area contributed by atoms with Crippen molar-refractivity contribution in [1.82, 2.24) is 14.7 Å². The number of piperidine rings is 1. The van der Waals surface area contributed by atoms with Crippen LogP contribution in [0.2, 0.25) is 5.02 Å². The SMILES string of the molecule is CC1CN(C)CCC1Nc1cnn(C(C)C)c(=O)c1Cl. The second-order valence-corrected chi connectivity index (χ2v) is 6.37. The number of anilines is 1. The van der Waals surface area contributed by atoms with Gasteiger partial charge in [-0.15, -0.1) is 0 Å². The molecule has 2 atom stereocenters. The Morgan fingerprint density at radius 3 is 2.80 bits per heavy atom. The molecule has 1 fully saturated rings. The fraction of sp³-hybridized carbons (Fsp3) is 0.714. The van der Waals surface area contributed by atoms with Crippen molar-refractivity contribution in [2.75, 3.05) is 25.5 Å². The summed E-state index contributed by atoms with van der Waals surface area (Å²) in [5, 5.41) is 7.82.